The summed E-state index contributed by atoms with van der Waals surface area (Å²) >= 11 is 1.46. The number of benzene rings is 1. The van der Waals surface area contributed by atoms with Gasteiger partial charge in [0.1, 0.15) is 6.04 Å². The smallest absolute Gasteiger partial charge is 0.246 e. The van der Waals surface area contributed by atoms with Gasteiger partial charge in [-0.05, 0) is 29.1 Å². The molecule has 0 spiro atoms. The second-order valence-corrected chi connectivity index (χ2v) is 6.73. The number of halogens is 2. The van der Waals surface area contributed by atoms with Gasteiger partial charge < -0.3 is 15.2 Å². The van der Waals surface area contributed by atoms with Gasteiger partial charge in [0.25, 0.3) is 0 Å². The predicted octanol–water partition coefficient (Wildman–Crippen LogP) is 2.61. The summed E-state index contributed by atoms with van der Waals surface area (Å²) in [6.07, 6.45) is 0.145. The first-order chi connectivity index (χ1) is 13.5. The minimum Gasteiger partial charge on any atom is -0.357 e. The molecule has 0 saturated heterocycles. The van der Waals surface area contributed by atoms with E-state index in [9.17, 15) is 18.4 Å². The van der Waals surface area contributed by atoms with E-state index >= 15 is 0 Å². The molecule has 3 aromatic rings. The number of aryl methyl sites for hydroxylation is 1. The molecule has 0 saturated carbocycles. The molecule has 10 heteroatoms. The number of thiophene rings is 1. The SMILES string of the molecule is CNC(=O)C(NC(=O)CCc1nc(-c2cccs2)no1)c1ccc(F)c(F)c1. The Bertz CT molecular complexity index is 975. The number of hydrogen-bond donors (Lipinski definition) is 2. The van der Waals surface area contributed by atoms with Gasteiger partial charge in [-0.25, -0.2) is 8.78 Å². The number of amides is 2. The molecule has 0 radical (unpaired) electrons. The van der Waals surface area contributed by atoms with Crippen molar-refractivity contribution < 1.29 is 22.9 Å². The summed E-state index contributed by atoms with van der Waals surface area (Å²) in [6, 6.07) is 5.57. The molecule has 28 heavy (non-hydrogen) atoms. The van der Waals surface area contributed by atoms with Crippen molar-refractivity contribution in [1.82, 2.24) is 20.8 Å². The first-order valence-electron chi connectivity index (χ1n) is 8.30. The molecule has 2 aromatic heterocycles. The summed E-state index contributed by atoms with van der Waals surface area (Å²) in [5, 5.41) is 10.6. The fourth-order valence-electron chi connectivity index (χ4n) is 2.45. The van der Waals surface area contributed by atoms with Crippen LogP contribution in [0.3, 0.4) is 0 Å². The van der Waals surface area contributed by atoms with Gasteiger partial charge >= 0.3 is 0 Å². The zero-order chi connectivity index (χ0) is 20.1. The quantitative estimate of drug-likeness (QED) is 0.629. The van der Waals surface area contributed by atoms with Gasteiger partial charge in [0.2, 0.25) is 23.5 Å². The van der Waals surface area contributed by atoms with E-state index in [0.717, 1.165) is 17.0 Å². The van der Waals surface area contributed by atoms with E-state index < -0.39 is 29.5 Å². The standard InChI is InChI=1S/C18H16F2N4O3S/c1-21-18(26)16(10-4-5-11(19)12(20)9-10)22-14(25)6-7-15-23-17(24-27-15)13-3-2-8-28-13/h2-5,8-9,16H,6-7H2,1H3,(H,21,26)(H,22,25). The van der Waals surface area contributed by atoms with Crippen LogP contribution in [0.2, 0.25) is 0 Å². The highest BCUT2D eigenvalue weighted by Crippen LogP contribution is 2.22. The molecule has 1 unspecified atom stereocenters. The van der Waals surface area contributed by atoms with E-state index in [1.807, 2.05) is 17.5 Å². The zero-order valence-electron chi connectivity index (χ0n) is 14.7. The van der Waals surface area contributed by atoms with Gasteiger partial charge in [0.15, 0.2) is 11.6 Å². The van der Waals surface area contributed by atoms with Crippen molar-refractivity contribution in [3.63, 3.8) is 0 Å². The lowest BCUT2D eigenvalue weighted by molar-refractivity contribution is -0.128. The summed E-state index contributed by atoms with van der Waals surface area (Å²) < 4.78 is 31.7. The third kappa shape index (κ3) is 4.58. The molecule has 0 aliphatic rings. The molecule has 0 bridgehead atoms. The largest absolute Gasteiger partial charge is 0.357 e. The van der Waals surface area contributed by atoms with Crippen molar-refractivity contribution in [3.05, 3.63) is 58.8 Å². The molecule has 0 fully saturated rings. The molecule has 7 nitrogen and oxygen atoms in total. The second-order valence-electron chi connectivity index (χ2n) is 5.78. The van der Waals surface area contributed by atoms with Crippen LogP contribution < -0.4 is 10.6 Å². The molecule has 2 amide bonds. The summed E-state index contributed by atoms with van der Waals surface area (Å²) in [6.45, 7) is 0. The van der Waals surface area contributed by atoms with E-state index in [4.69, 9.17) is 4.52 Å². The number of aromatic nitrogens is 2. The van der Waals surface area contributed by atoms with Gasteiger partial charge in [-0.1, -0.05) is 17.3 Å². The lowest BCUT2D eigenvalue weighted by atomic mass is 10.1. The number of hydrogen-bond acceptors (Lipinski definition) is 6. The molecule has 1 atom stereocenters. The third-order valence-electron chi connectivity index (χ3n) is 3.87. The Labute approximate surface area is 162 Å². The summed E-state index contributed by atoms with van der Waals surface area (Å²) in [7, 11) is 1.38. The van der Waals surface area contributed by atoms with Crippen molar-refractivity contribution in [3.8, 4) is 10.7 Å². The van der Waals surface area contributed by atoms with Crippen molar-refractivity contribution in [2.24, 2.45) is 0 Å². The van der Waals surface area contributed by atoms with E-state index in [0.29, 0.717) is 5.82 Å². The maximum Gasteiger partial charge on any atom is 0.246 e. The fourth-order valence-corrected chi connectivity index (χ4v) is 3.10. The number of likely N-dealkylation sites (N-methyl/N-ethyl adjacent to an activating group) is 1. The average Bonchev–Trinajstić information content (AvgIpc) is 3.37. The van der Waals surface area contributed by atoms with Crippen LogP contribution in [0, 0.1) is 11.6 Å². The highest BCUT2D eigenvalue weighted by molar-refractivity contribution is 7.13. The number of carbonyl (C=O) groups is 2. The maximum absolute atomic E-state index is 13.5. The van der Waals surface area contributed by atoms with Crippen molar-refractivity contribution >= 4 is 23.2 Å². The van der Waals surface area contributed by atoms with Gasteiger partial charge in [0.05, 0.1) is 4.88 Å². The lowest BCUT2D eigenvalue weighted by Gasteiger charge is -2.17. The third-order valence-corrected chi connectivity index (χ3v) is 4.73. The highest BCUT2D eigenvalue weighted by atomic mass is 32.1. The Balaban J connectivity index is 1.64. The molecule has 1 aromatic carbocycles. The molecule has 2 heterocycles. The Morgan fingerprint density at radius 3 is 2.75 bits per heavy atom. The Kier molecular flexibility index (Phi) is 6.09. The van der Waals surface area contributed by atoms with Crippen molar-refractivity contribution in [2.45, 2.75) is 18.9 Å². The van der Waals surface area contributed by atoms with E-state index in [1.165, 1.54) is 24.5 Å². The Morgan fingerprint density at radius 2 is 2.07 bits per heavy atom. The van der Waals surface area contributed by atoms with Crippen molar-refractivity contribution in [1.29, 1.82) is 0 Å². The summed E-state index contributed by atoms with van der Waals surface area (Å²) in [4.78, 5) is 29.4. The summed E-state index contributed by atoms with van der Waals surface area (Å²) in [5.74, 6) is -2.46. The van der Waals surface area contributed by atoms with E-state index in [2.05, 4.69) is 20.8 Å². The minimum absolute atomic E-state index is 0.0246. The van der Waals surface area contributed by atoms with Gasteiger partial charge in [-0.3, -0.25) is 9.59 Å². The van der Waals surface area contributed by atoms with Crippen LogP contribution in [0.15, 0.2) is 40.2 Å². The lowest BCUT2D eigenvalue weighted by Crippen LogP contribution is -2.39. The van der Waals surface area contributed by atoms with Crippen LogP contribution in [0.5, 0.6) is 0 Å². The Morgan fingerprint density at radius 1 is 1.25 bits per heavy atom. The van der Waals surface area contributed by atoms with Crippen LogP contribution in [0.25, 0.3) is 10.7 Å². The molecule has 0 aliphatic carbocycles. The molecule has 146 valence electrons. The second kappa shape index (κ2) is 8.70. The highest BCUT2D eigenvalue weighted by Gasteiger charge is 2.23. The van der Waals surface area contributed by atoms with Crippen LogP contribution in [0.1, 0.15) is 23.9 Å². The molecular formula is C18H16F2N4O3S. The number of nitrogens with one attached hydrogen (secondary N) is 2. The Hall–Kier alpha value is -3.14. The molecular weight excluding hydrogens is 390 g/mol. The topological polar surface area (TPSA) is 97.1 Å². The zero-order valence-corrected chi connectivity index (χ0v) is 15.6. The number of rotatable bonds is 7. The van der Waals surface area contributed by atoms with Crippen LogP contribution in [-0.2, 0) is 16.0 Å². The van der Waals surface area contributed by atoms with E-state index in [1.54, 1.807) is 0 Å². The van der Waals surface area contributed by atoms with Crippen LogP contribution >= 0.6 is 11.3 Å². The van der Waals surface area contributed by atoms with Gasteiger partial charge in [-0.15, -0.1) is 11.3 Å². The first kappa shape index (κ1) is 19.6. The predicted molar refractivity (Wildman–Crippen MR) is 97.2 cm³/mol. The first-order valence-corrected chi connectivity index (χ1v) is 9.18. The molecule has 0 aliphatic heterocycles. The monoisotopic (exact) mass is 406 g/mol. The molecule has 2 N–H and O–H groups in total. The van der Waals surface area contributed by atoms with Crippen LogP contribution in [-0.4, -0.2) is 29.0 Å². The maximum atomic E-state index is 13.5. The normalized spacial score (nSPS) is 11.8. The summed E-state index contributed by atoms with van der Waals surface area (Å²) in [5.41, 5.74) is 0.129. The number of nitrogens with zero attached hydrogens (tertiary/aromatic N) is 2. The average molecular weight is 406 g/mol. The molecule has 3 rings (SSSR count). The number of carbonyl (C=O) groups excluding carboxylic acids is 2. The van der Waals surface area contributed by atoms with E-state index in [-0.39, 0.29) is 24.3 Å². The minimum atomic E-state index is -1.16. The fraction of sp³-hybridized carbons (Fsp3) is 0.222. The van der Waals surface area contributed by atoms with Crippen LogP contribution in [0.4, 0.5) is 8.78 Å². The van der Waals surface area contributed by atoms with Gasteiger partial charge in [-0.2, -0.15) is 4.98 Å². The van der Waals surface area contributed by atoms with Crippen molar-refractivity contribution in [2.75, 3.05) is 7.05 Å². The van der Waals surface area contributed by atoms with Gasteiger partial charge in [0, 0.05) is 19.9 Å².